The number of hydrogen-bond donors (Lipinski definition) is 4. The second-order valence-corrected chi connectivity index (χ2v) is 6.23. The molecule has 0 radical (unpaired) electrons. The first-order valence-corrected chi connectivity index (χ1v) is 7.78. The van der Waals surface area contributed by atoms with E-state index in [0.717, 1.165) is 25.7 Å². The quantitative estimate of drug-likeness (QED) is 0.269. The van der Waals surface area contributed by atoms with Crippen molar-refractivity contribution in [2.75, 3.05) is 17.8 Å². The molecule has 1 aliphatic heterocycles. The maximum Gasteiger partial charge on any atom is 0.302 e. The Morgan fingerprint density at radius 2 is 2.05 bits per heavy atom. The Labute approximate surface area is 117 Å². The zero-order valence-electron chi connectivity index (χ0n) is 10.9. The minimum atomic E-state index is -3.67. The minimum absolute atomic E-state index is 0.0875. The van der Waals surface area contributed by atoms with E-state index >= 15 is 0 Å². The summed E-state index contributed by atoms with van der Waals surface area (Å²) in [5.41, 5.74) is 5.65. The predicted molar refractivity (Wildman–Crippen MR) is 73.7 cm³/mol. The highest BCUT2D eigenvalue weighted by atomic mass is 32.2. The van der Waals surface area contributed by atoms with Crippen molar-refractivity contribution in [3.05, 3.63) is 11.8 Å². The molecule has 0 atom stereocenters. The Kier molecular flexibility index (Phi) is 4.45. The van der Waals surface area contributed by atoms with Crippen molar-refractivity contribution in [1.29, 1.82) is 0 Å². The molecule has 9 nitrogen and oxygen atoms in total. The maximum absolute atomic E-state index is 12.3. The van der Waals surface area contributed by atoms with Crippen molar-refractivity contribution in [2.45, 2.75) is 25.7 Å². The van der Waals surface area contributed by atoms with Gasteiger partial charge in [-0.05, 0) is 12.8 Å². The Morgan fingerprint density at radius 3 is 2.65 bits per heavy atom. The van der Waals surface area contributed by atoms with E-state index in [2.05, 4.69) is 20.1 Å². The van der Waals surface area contributed by atoms with Crippen molar-refractivity contribution in [3.63, 3.8) is 0 Å². The van der Waals surface area contributed by atoms with Crippen molar-refractivity contribution in [2.24, 2.45) is 10.9 Å². The Hall–Kier alpha value is -1.81. The number of rotatable bonds is 4. The summed E-state index contributed by atoms with van der Waals surface area (Å²) in [6, 6.07) is 0. The number of H-pyrrole nitrogens is 1. The largest absolute Gasteiger partial charge is 0.409 e. The van der Waals surface area contributed by atoms with Crippen LogP contribution in [0.4, 0.5) is 5.82 Å². The lowest BCUT2D eigenvalue weighted by Crippen LogP contribution is -2.37. The van der Waals surface area contributed by atoms with Gasteiger partial charge in [0.25, 0.3) is 0 Å². The molecule has 0 spiro atoms. The monoisotopic (exact) mass is 302 g/mol. The first kappa shape index (κ1) is 14.6. The van der Waals surface area contributed by atoms with Gasteiger partial charge >= 0.3 is 10.2 Å². The second kappa shape index (κ2) is 6.09. The van der Waals surface area contributed by atoms with Gasteiger partial charge in [0.2, 0.25) is 0 Å². The minimum Gasteiger partial charge on any atom is -0.409 e. The molecule has 112 valence electrons. The third-order valence-corrected chi connectivity index (χ3v) is 4.67. The van der Waals surface area contributed by atoms with Crippen LogP contribution in [-0.4, -0.2) is 47.1 Å². The van der Waals surface area contributed by atoms with Crippen LogP contribution in [-0.2, 0) is 10.2 Å². The van der Waals surface area contributed by atoms with Gasteiger partial charge in [-0.3, -0.25) is 9.82 Å². The van der Waals surface area contributed by atoms with Crippen LogP contribution < -0.4 is 10.5 Å². The summed E-state index contributed by atoms with van der Waals surface area (Å²) in [7, 11) is -3.67. The van der Waals surface area contributed by atoms with Crippen molar-refractivity contribution >= 4 is 21.9 Å². The molecule has 1 fully saturated rings. The molecule has 5 N–H and O–H groups in total. The molecular formula is C10H18N6O3S. The Bertz CT molecular complexity index is 574. The molecule has 2 heterocycles. The van der Waals surface area contributed by atoms with E-state index in [-0.39, 0.29) is 17.2 Å². The number of aromatic nitrogens is 2. The average molecular weight is 302 g/mol. The molecule has 1 saturated heterocycles. The van der Waals surface area contributed by atoms with Crippen LogP contribution in [0.25, 0.3) is 0 Å². The van der Waals surface area contributed by atoms with Gasteiger partial charge in [0, 0.05) is 13.1 Å². The fourth-order valence-electron chi connectivity index (χ4n) is 2.09. The molecule has 20 heavy (non-hydrogen) atoms. The summed E-state index contributed by atoms with van der Waals surface area (Å²) in [5.74, 6) is -0.128. The highest BCUT2D eigenvalue weighted by Gasteiger charge is 2.25. The highest BCUT2D eigenvalue weighted by Crippen LogP contribution is 2.17. The number of nitrogens with two attached hydrogens (primary N) is 1. The van der Waals surface area contributed by atoms with Crippen LogP contribution in [0.15, 0.2) is 11.4 Å². The molecule has 10 heteroatoms. The molecule has 1 aromatic heterocycles. The molecule has 1 aliphatic rings. The Balaban J connectivity index is 2.18. The van der Waals surface area contributed by atoms with Gasteiger partial charge in [-0.1, -0.05) is 18.0 Å². The van der Waals surface area contributed by atoms with Crippen LogP contribution in [0.2, 0.25) is 0 Å². The molecule has 0 bridgehead atoms. The Morgan fingerprint density at radius 1 is 1.40 bits per heavy atom. The van der Waals surface area contributed by atoms with Gasteiger partial charge in [-0.25, -0.2) is 0 Å². The van der Waals surface area contributed by atoms with E-state index in [9.17, 15) is 8.42 Å². The van der Waals surface area contributed by atoms with Gasteiger partial charge < -0.3 is 10.9 Å². The van der Waals surface area contributed by atoms with E-state index in [1.165, 1.54) is 10.5 Å². The van der Waals surface area contributed by atoms with Crippen LogP contribution in [0.1, 0.15) is 31.2 Å². The highest BCUT2D eigenvalue weighted by molar-refractivity contribution is 7.90. The SMILES string of the molecule is NC(=NO)c1cn[nH]c1NS(=O)(=O)N1CCCCCC1. The number of aromatic amines is 1. The van der Waals surface area contributed by atoms with Gasteiger partial charge in [-0.15, -0.1) is 0 Å². The summed E-state index contributed by atoms with van der Waals surface area (Å²) < 4.78 is 28.4. The summed E-state index contributed by atoms with van der Waals surface area (Å²) >= 11 is 0. The van der Waals surface area contributed by atoms with Gasteiger partial charge in [-0.2, -0.15) is 17.8 Å². The summed E-state index contributed by atoms with van der Waals surface area (Å²) in [5, 5.41) is 17.7. The third kappa shape index (κ3) is 3.20. The van der Waals surface area contributed by atoms with E-state index < -0.39 is 10.2 Å². The maximum atomic E-state index is 12.3. The molecule has 1 aromatic rings. The molecular weight excluding hydrogens is 284 g/mol. The van der Waals surface area contributed by atoms with Gasteiger partial charge in [0.15, 0.2) is 5.84 Å². The first-order valence-electron chi connectivity index (χ1n) is 6.34. The number of oxime groups is 1. The van der Waals surface area contributed by atoms with Crippen LogP contribution in [0.5, 0.6) is 0 Å². The van der Waals surface area contributed by atoms with Gasteiger partial charge in [0.1, 0.15) is 5.82 Å². The zero-order valence-corrected chi connectivity index (χ0v) is 11.7. The predicted octanol–water partition coefficient (Wildman–Crippen LogP) is 0.0369. The van der Waals surface area contributed by atoms with Crippen molar-refractivity contribution in [1.82, 2.24) is 14.5 Å². The average Bonchev–Trinajstić information content (AvgIpc) is 2.69. The fourth-order valence-corrected chi connectivity index (χ4v) is 3.37. The van der Waals surface area contributed by atoms with E-state index in [0.29, 0.717) is 13.1 Å². The molecule has 0 aromatic carbocycles. The number of nitrogens with one attached hydrogen (secondary N) is 2. The summed E-state index contributed by atoms with van der Waals surface area (Å²) in [4.78, 5) is 0. The molecule has 0 amide bonds. The van der Waals surface area contributed by atoms with E-state index in [1.807, 2.05) is 0 Å². The van der Waals surface area contributed by atoms with E-state index in [1.54, 1.807) is 0 Å². The third-order valence-electron chi connectivity index (χ3n) is 3.16. The van der Waals surface area contributed by atoms with Crippen molar-refractivity contribution < 1.29 is 13.6 Å². The standard InChI is InChI=1S/C10H18N6O3S/c11-9(14-17)8-7-12-13-10(8)15-20(18,19)16-5-3-1-2-4-6-16/h7,17H,1-6H2,(H2,11,14)(H2,12,13,15). The normalized spacial score (nSPS) is 18.7. The number of nitrogens with zero attached hydrogens (tertiary/aromatic N) is 3. The number of anilines is 1. The number of amidine groups is 1. The van der Waals surface area contributed by atoms with E-state index in [4.69, 9.17) is 10.9 Å². The molecule has 0 unspecified atom stereocenters. The smallest absolute Gasteiger partial charge is 0.302 e. The van der Waals surface area contributed by atoms with Crippen LogP contribution in [0.3, 0.4) is 0 Å². The molecule has 0 saturated carbocycles. The van der Waals surface area contributed by atoms with Crippen LogP contribution in [0, 0.1) is 0 Å². The topological polar surface area (TPSA) is 137 Å². The van der Waals surface area contributed by atoms with Gasteiger partial charge in [0.05, 0.1) is 11.8 Å². The number of hydrogen-bond acceptors (Lipinski definition) is 5. The summed E-state index contributed by atoms with van der Waals surface area (Å²) in [6.45, 7) is 0.977. The lowest BCUT2D eigenvalue weighted by Gasteiger charge is -2.20. The molecule has 2 rings (SSSR count). The van der Waals surface area contributed by atoms with Crippen LogP contribution >= 0.6 is 0 Å². The lowest BCUT2D eigenvalue weighted by molar-refractivity contribution is 0.318. The van der Waals surface area contributed by atoms with Crippen molar-refractivity contribution in [3.8, 4) is 0 Å². The second-order valence-electron chi connectivity index (χ2n) is 4.56. The first-order chi connectivity index (χ1) is 9.54. The lowest BCUT2D eigenvalue weighted by atomic mass is 10.2. The fraction of sp³-hybridized carbons (Fsp3) is 0.600. The zero-order chi connectivity index (χ0) is 14.6. The molecule has 0 aliphatic carbocycles. The summed E-state index contributed by atoms with van der Waals surface area (Å²) in [6.07, 6.45) is 5.04.